The van der Waals surface area contributed by atoms with Crippen molar-refractivity contribution in [1.29, 1.82) is 0 Å². The highest BCUT2D eigenvalue weighted by atomic mass is 19.4. The summed E-state index contributed by atoms with van der Waals surface area (Å²) in [6.07, 6.45) is 0.675. The van der Waals surface area contributed by atoms with Crippen molar-refractivity contribution in [3.05, 3.63) is 48.4 Å². The molecule has 3 rings (SSSR count). The molecule has 0 aliphatic carbocycles. The third kappa shape index (κ3) is 3.34. The Labute approximate surface area is 137 Å². The maximum atomic E-state index is 12.9. The Bertz CT molecular complexity index is 852. The lowest BCUT2D eigenvalue weighted by Crippen LogP contribution is -2.11. The maximum absolute atomic E-state index is 12.9. The van der Waals surface area contributed by atoms with Gasteiger partial charge < -0.3 is 9.72 Å². The molecule has 0 unspecified atom stereocenters. The lowest BCUT2D eigenvalue weighted by Gasteiger charge is -2.12. The number of benzene rings is 1. The molecule has 2 heterocycles. The lowest BCUT2D eigenvalue weighted by molar-refractivity contribution is -0.137. The van der Waals surface area contributed by atoms with Crippen LogP contribution in [-0.2, 0) is 6.18 Å². The number of hydrogen-bond donors (Lipinski definition) is 1. The molecule has 0 fully saturated rings. The van der Waals surface area contributed by atoms with Gasteiger partial charge in [-0.1, -0.05) is 26.0 Å². The summed E-state index contributed by atoms with van der Waals surface area (Å²) in [5.74, 6) is 0.961. The fourth-order valence-corrected chi connectivity index (χ4v) is 2.35. The third-order valence-corrected chi connectivity index (χ3v) is 3.54. The van der Waals surface area contributed by atoms with E-state index < -0.39 is 11.7 Å². The fourth-order valence-electron chi connectivity index (χ4n) is 2.35. The smallest absolute Gasteiger partial charge is 0.367 e. The summed E-state index contributed by atoms with van der Waals surface area (Å²) < 4.78 is 40.5. The van der Waals surface area contributed by atoms with Crippen LogP contribution in [0, 0.1) is 5.92 Å². The van der Waals surface area contributed by atoms with Crippen molar-refractivity contribution in [1.82, 2.24) is 14.4 Å². The SMILES string of the molecule is CC(C)CNc1nc(-c2cccc(C(F)(F)F)c2)cn2ccnc12. The van der Waals surface area contributed by atoms with Crippen LogP contribution in [0.1, 0.15) is 19.4 Å². The zero-order valence-electron chi connectivity index (χ0n) is 13.3. The van der Waals surface area contributed by atoms with E-state index in [9.17, 15) is 13.2 Å². The third-order valence-electron chi connectivity index (χ3n) is 3.54. The molecule has 7 heteroatoms. The van der Waals surface area contributed by atoms with E-state index in [1.54, 1.807) is 29.1 Å². The van der Waals surface area contributed by atoms with Gasteiger partial charge in [0.1, 0.15) is 0 Å². The molecule has 2 aromatic heterocycles. The summed E-state index contributed by atoms with van der Waals surface area (Å²) in [5.41, 5.74) is 0.821. The van der Waals surface area contributed by atoms with Gasteiger partial charge in [0.15, 0.2) is 11.5 Å². The summed E-state index contributed by atoms with van der Waals surface area (Å²) in [6, 6.07) is 5.17. The van der Waals surface area contributed by atoms with Gasteiger partial charge in [-0.15, -0.1) is 0 Å². The number of imidazole rings is 1. The van der Waals surface area contributed by atoms with Gasteiger partial charge in [0.25, 0.3) is 0 Å². The van der Waals surface area contributed by atoms with Crippen molar-refractivity contribution in [2.24, 2.45) is 5.92 Å². The van der Waals surface area contributed by atoms with Crippen molar-refractivity contribution < 1.29 is 13.2 Å². The van der Waals surface area contributed by atoms with E-state index >= 15 is 0 Å². The van der Waals surface area contributed by atoms with Crippen LogP contribution in [0.3, 0.4) is 0 Å². The minimum atomic E-state index is -4.38. The molecule has 0 aliphatic rings. The quantitative estimate of drug-likeness (QED) is 0.765. The molecule has 0 saturated carbocycles. The van der Waals surface area contributed by atoms with E-state index in [4.69, 9.17) is 0 Å². The fraction of sp³-hybridized carbons (Fsp3) is 0.294. The van der Waals surface area contributed by atoms with E-state index in [2.05, 4.69) is 29.1 Å². The second-order valence-electron chi connectivity index (χ2n) is 5.99. The molecule has 3 aromatic rings. The number of alkyl halides is 3. The number of nitrogens with one attached hydrogen (secondary N) is 1. The first-order valence-corrected chi connectivity index (χ1v) is 7.60. The van der Waals surface area contributed by atoms with Crippen molar-refractivity contribution >= 4 is 11.5 Å². The van der Waals surface area contributed by atoms with E-state index in [-0.39, 0.29) is 0 Å². The predicted octanol–water partition coefficient (Wildman–Crippen LogP) is 4.48. The molecule has 1 aromatic carbocycles. The van der Waals surface area contributed by atoms with Crippen LogP contribution in [-0.4, -0.2) is 20.9 Å². The minimum Gasteiger partial charge on any atom is -0.367 e. The zero-order chi connectivity index (χ0) is 17.3. The first-order chi connectivity index (χ1) is 11.3. The normalized spacial score (nSPS) is 12.1. The molecule has 0 bridgehead atoms. The number of anilines is 1. The Kier molecular flexibility index (Phi) is 4.17. The van der Waals surface area contributed by atoms with Crippen molar-refractivity contribution in [2.45, 2.75) is 20.0 Å². The molecule has 0 spiro atoms. The van der Waals surface area contributed by atoms with Crippen LogP contribution in [0.2, 0.25) is 0 Å². The molecule has 24 heavy (non-hydrogen) atoms. The number of nitrogens with zero attached hydrogens (tertiary/aromatic N) is 3. The van der Waals surface area contributed by atoms with Gasteiger partial charge >= 0.3 is 6.18 Å². The molecule has 0 atom stereocenters. The van der Waals surface area contributed by atoms with E-state index in [1.165, 1.54) is 6.07 Å². The summed E-state index contributed by atoms with van der Waals surface area (Å²) in [4.78, 5) is 8.72. The number of hydrogen-bond acceptors (Lipinski definition) is 3. The second kappa shape index (κ2) is 6.14. The molecule has 0 aliphatic heterocycles. The monoisotopic (exact) mass is 334 g/mol. The Hall–Kier alpha value is -2.57. The van der Waals surface area contributed by atoms with Crippen LogP contribution in [0.4, 0.5) is 19.0 Å². The lowest BCUT2D eigenvalue weighted by atomic mass is 10.1. The average Bonchev–Trinajstić information content (AvgIpc) is 3.00. The summed E-state index contributed by atoms with van der Waals surface area (Å²) in [6.45, 7) is 4.82. The van der Waals surface area contributed by atoms with Gasteiger partial charge in [-0.25, -0.2) is 9.97 Å². The minimum absolute atomic E-state index is 0.402. The van der Waals surface area contributed by atoms with Crippen LogP contribution in [0.5, 0.6) is 0 Å². The number of aromatic nitrogens is 3. The number of rotatable bonds is 4. The van der Waals surface area contributed by atoms with Gasteiger partial charge in [0.2, 0.25) is 0 Å². The Morgan fingerprint density at radius 1 is 1.25 bits per heavy atom. The molecule has 0 saturated heterocycles. The van der Waals surface area contributed by atoms with Crippen molar-refractivity contribution in [2.75, 3.05) is 11.9 Å². The van der Waals surface area contributed by atoms with Crippen LogP contribution >= 0.6 is 0 Å². The van der Waals surface area contributed by atoms with Gasteiger partial charge in [0.05, 0.1) is 11.3 Å². The highest BCUT2D eigenvalue weighted by Crippen LogP contribution is 2.32. The summed E-state index contributed by atoms with van der Waals surface area (Å²) in [7, 11) is 0. The Morgan fingerprint density at radius 3 is 2.75 bits per heavy atom. The summed E-state index contributed by atoms with van der Waals surface area (Å²) >= 11 is 0. The Balaban J connectivity index is 2.06. The summed E-state index contributed by atoms with van der Waals surface area (Å²) in [5, 5.41) is 3.21. The average molecular weight is 334 g/mol. The van der Waals surface area contributed by atoms with Gasteiger partial charge in [-0.3, -0.25) is 0 Å². The van der Waals surface area contributed by atoms with Gasteiger partial charge in [-0.2, -0.15) is 13.2 Å². The number of halogens is 3. The Morgan fingerprint density at radius 2 is 2.04 bits per heavy atom. The first kappa shape index (κ1) is 16.3. The largest absolute Gasteiger partial charge is 0.416 e. The molecule has 1 N–H and O–H groups in total. The zero-order valence-corrected chi connectivity index (χ0v) is 13.3. The van der Waals surface area contributed by atoms with E-state index in [0.29, 0.717) is 35.2 Å². The highest BCUT2D eigenvalue weighted by molar-refractivity contribution is 5.69. The van der Waals surface area contributed by atoms with E-state index in [1.807, 2.05) is 0 Å². The highest BCUT2D eigenvalue weighted by Gasteiger charge is 2.30. The van der Waals surface area contributed by atoms with Crippen LogP contribution in [0.15, 0.2) is 42.9 Å². The van der Waals surface area contributed by atoms with Crippen LogP contribution in [0.25, 0.3) is 16.9 Å². The van der Waals surface area contributed by atoms with Crippen LogP contribution < -0.4 is 5.32 Å². The molecule has 4 nitrogen and oxygen atoms in total. The molecular formula is C17H17F3N4. The van der Waals surface area contributed by atoms with Crippen molar-refractivity contribution in [3.8, 4) is 11.3 Å². The van der Waals surface area contributed by atoms with E-state index in [0.717, 1.165) is 12.1 Å². The standard InChI is InChI=1S/C17H17F3N4/c1-11(2)9-22-15-16-21-6-7-24(16)10-14(23-15)12-4-3-5-13(8-12)17(18,19)20/h3-8,10-11H,9H2,1-2H3,(H,22,23). The predicted molar refractivity (Wildman–Crippen MR) is 86.8 cm³/mol. The second-order valence-corrected chi connectivity index (χ2v) is 5.99. The van der Waals surface area contributed by atoms with Gasteiger partial charge in [-0.05, 0) is 18.1 Å². The van der Waals surface area contributed by atoms with Gasteiger partial charge in [0, 0.05) is 30.7 Å². The molecule has 0 radical (unpaired) electrons. The number of fused-ring (bicyclic) bond motifs is 1. The molecular weight excluding hydrogens is 317 g/mol. The first-order valence-electron chi connectivity index (χ1n) is 7.60. The topological polar surface area (TPSA) is 42.2 Å². The van der Waals surface area contributed by atoms with Crippen molar-refractivity contribution in [3.63, 3.8) is 0 Å². The molecule has 126 valence electrons. The maximum Gasteiger partial charge on any atom is 0.416 e. The molecule has 0 amide bonds.